The lowest BCUT2D eigenvalue weighted by molar-refractivity contribution is 0.176. The van der Waals surface area contributed by atoms with Gasteiger partial charge in [0.1, 0.15) is 5.76 Å². The molecular weight excluding hydrogens is 271 g/mol. The molecule has 1 aliphatic rings. The molecule has 2 heterocycles. The zero-order valence-electron chi connectivity index (χ0n) is 12.0. The van der Waals surface area contributed by atoms with Gasteiger partial charge >= 0.3 is 0 Å². The maximum absolute atomic E-state index is 14.7. The number of methoxy groups -OCH3 is 1. The summed E-state index contributed by atoms with van der Waals surface area (Å²) in [5.74, 6) is 0.697. The van der Waals surface area contributed by atoms with E-state index in [1.165, 1.54) is 7.11 Å². The summed E-state index contributed by atoms with van der Waals surface area (Å²) >= 11 is 0. The minimum Gasteiger partial charge on any atom is -0.494 e. The smallest absolute Gasteiger partial charge is 0.170 e. The second-order valence-corrected chi connectivity index (χ2v) is 5.07. The number of rotatable bonds is 4. The predicted octanol–water partition coefficient (Wildman–Crippen LogP) is 2.42. The number of benzene rings is 1. The highest BCUT2D eigenvalue weighted by atomic mass is 19.1. The summed E-state index contributed by atoms with van der Waals surface area (Å²) < 4.78 is 25.3. The Labute approximate surface area is 123 Å². The van der Waals surface area contributed by atoms with Crippen LogP contribution in [0.15, 0.2) is 41.0 Å². The maximum atomic E-state index is 14.7. The van der Waals surface area contributed by atoms with Crippen LogP contribution in [0.5, 0.6) is 5.75 Å². The second-order valence-electron chi connectivity index (χ2n) is 5.07. The van der Waals surface area contributed by atoms with Gasteiger partial charge in [-0.1, -0.05) is 12.1 Å². The minimum atomic E-state index is -0.320. The summed E-state index contributed by atoms with van der Waals surface area (Å²) in [6.45, 7) is 3.48. The Balaban J connectivity index is 2.03. The molecule has 0 radical (unpaired) electrons. The van der Waals surface area contributed by atoms with Crippen LogP contribution in [0.3, 0.4) is 0 Å². The van der Waals surface area contributed by atoms with Gasteiger partial charge in [0.2, 0.25) is 0 Å². The van der Waals surface area contributed by atoms with Crippen molar-refractivity contribution < 1.29 is 13.5 Å². The van der Waals surface area contributed by atoms with Crippen LogP contribution >= 0.6 is 0 Å². The van der Waals surface area contributed by atoms with Gasteiger partial charge in [-0.2, -0.15) is 0 Å². The Kier molecular flexibility index (Phi) is 4.22. The zero-order valence-corrected chi connectivity index (χ0v) is 12.0. The molecule has 0 bridgehead atoms. The van der Waals surface area contributed by atoms with Crippen LogP contribution in [0.4, 0.5) is 4.39 Å². The first kappa shape index (κ1) is 14.1. The van der Waals surface area contributed by atoms with Crippen molar-refractivity contribution in [3.63, 3.8) is 0 Å². The molecule has 0 aliphatic carbocycles. The molecule has 2 aromatic rings. The first-order chi connectivity index (χ1) is 10.3. The van der Waals surface area contributed by atoms with E-state index in [0.29, 0.717) is 5.56 Å². The van der Waals surface area contributed by atoms with E-state index >= 15 is 0 Å². The summed E-state index contributed by atoms with van der Waals surface area (Å²) in [4.78, 5) is 2.23. The molecule has 5 heteroatoms. The lowest BCUT2D eigenvalue weighted by Gasteiger charge is -2.34. The van der Waals surface area contributed by atoms with E-state index in [1.807, 2.05) is 18.2 Å². The van der Waals surface area contributed by atoms with E-state index < -0.39 is 0 Å². The number of halogens is 1. The third-order valence-electron chi connectivity index (χ3n) is 3.84. The van der Waals surface area contributed by atoms with Crippen molar-refractivity contribution >= 4 is 0 Å². The van der Waals surface area contributed by atoms with Crippen molar-refractivity contribution in [1.29, 1.82) is 0 Å². The van der Waals surface area contributed by atoms with Gasteiger partial charge < -0.3 is 14.5 Å². The highest BCUT2D eigenvalue weighted by Crippen LogP contribution is 2.34. The third kappa shape index (κ3) is 2.80. The van der Waals surface area contributed by atoms with Gasteiger partial charge in [-0.25, -0.2) is 4.39 Å². The number of hydrogen-bond acceptors (Lipinski definition) is 4. The fourth-order valence-corrected chi connectivity index (χ4v) is 2.81. The molecule has 1 aromatic carbocycles. The Morgan fingerprint density at radius 3 is 2.71 bits per heavy atom. The number of hydrogen-bond donors (Lipinski definition) is 1. The van der Waals surface area contributed by atoms with Crippen LogP contribution in [-0.2, 0) is 0 Å². The maximum Gasteiger partial charge on any atom is 0.170 e. The summed E-state index contributed by atoms with van der Waals surface area (Å²) in [5.41, 5.74) is 0.589. The number of furan rings is 1. The zero-order chi connectivity index (χ0) is 14.7. The lowest BCUT2D eigenvalue weighted by atomic mass is 10.0. The van der Waals surface area contributed by atoms with E-state index in [1.54, 1.807) is 18.4 Å². The summed E-state index contributed by atoms with van der Waals surface area (Å²) in [7, 11) is 1.48. The number of nitrogens with one attached hydrogen (secondary N) is 1. The molecule has 112 valence electrons. The van der Waals surface area contributed by atoms with E-state index in [0.717, 1.165) is 31.9 Å². The standard InChI is InChI=1S/C16H19FN2O2/c1-20-13-5-2-4-12(15(13)17)16(14-6-3-11-21-14)19-9-7-18-8-10-19/h2-6,11,16,18H,7-10H2,1H3/t16-/m1/s1. The third-order valence-corrected chi connectivity index (χ3v) is 3.84. The molecule has 1 fully saturated rings. The van der Waals surface area contributed by atoms with Crippen LogP contribution in [0, 0.1) is 5.82 Å². The van der Waals surface area contributed by atoms with E-state index in [4.69, 9.17) is 9.15 Å². The van der Waals surface area contributed by atoms with E-state index in [9.17, 15) is 4.39 Å². The Hall–Kier alpha value is -1.85. The quantitative estimate of drug-likeness (QED) is 0.938. The van der Waals surface area contributed by atoms with Crippen molar-refractivity contribution in [3.8, 4) is 5.75 Å². The van der Waals surface area contributed by atoms with Crippen molar-refractivity contribution in [2.45, 2.75) is 6.04 Å². The van der Waals surface area contributed by atoms with Gasteiger partial charge in [-0.15, -0.1) is 0 Å². The molecule has 4 nitrogen and oxygen atoms in total. The monoisotopic (exact) mass is 290 g/mol. The molecule has 1 N–H and O–H groups in total. The minimum absolute atomic E-state index is 0.225. The van der Waals surface area contributed by atoms with Crippen LogP contribution < -0.4 is 10.1 Å². The van der Waals surface area contributed by atoms with Crippen molar-refractivity contribution in [3.05, 3.63) is 53.7 Å². The Morgan fingerprint density at radius 2 is 2.05 bits per heavy atom. The topological polar surface area (TPSA) is 37.6 Å². The summed E-state index contributed by atoms with van der Waals surface area (Å²) in [6.07, 6.45) is 1.63. The Morgan fingerprint density at radius 1 is 1.24 bits per heavy atom. The van der Waals surface area contributed by atoms with Gasteiger partial charge in [0.05, 0.1) is 19.4 Å². The molecule has 1 saturated heterocycles. The lowest BCUT2D eigenvalue weighted by Crippen LogP contribution is -2.45. The first-order valence-corrected chi connectivity index (χ1v) is 7.12. The Bertz CT molecular complexity index is 580. The van der Waals surface area contributed by atoms with Crippen molar-refractivity contribution in [1.82, 2.24) is 10.2 Å². The van der Waals surface area contributed by atoms with Crippen LogP contribution in [0.2, 0.25) is 0 Å². The van der Waals surface area contributed by atoms with Gasteiger partial charge in [-0.3, -0.25) is 4.90 Å². The van der Waals surface area contributed by atoms with Crippen molar-refractivity contribution in [2.24, 2.45) is 0 Å². The van der Waals surface area contributed by atoms with Crippen LogP contribution in [-0.4, -0.2) is 38.2 Å². The highest BCUT2D eigenvalue weighted by Gasteiger charge is 2.29. The van der Waals surface area contributed by atoms with Crippen molar-refractivity contribution in [2.75, 3.05) is 33.3 Å². The molecule has 21 heavy (non-hydrogen) atoms. The summed E-state index contributed by atoms with van der Waals surface area (Å²) in [6, 6.07) is 8.75. The second kappa shape index (κ2) is 6.28. The normalized spacial score (nSPS) is 17.6. The van der Waals surface area contributed by atoms with E-state index in [-0.39, 0.29) is 17.6 Å². The number of nitrogens with zero attached hydrogens (tertiary/aromatic N) is 1. The molecule has 0 amide bonds. The molecule has 1 aliphatic heterocycles. The van der Waals surface area contributed by atoms with Gasteiger partial charge in [0.25, 0.3) is 0 Å². The highest BCUT2D eigenvalue weighted by molar-refractivity contribution is 5.36. The molecular formula is C16H19FN2O2. The first-order valence-electron chi connectivity index (χ1n) is 7.12. The fraction of sp³-hybridized carbons (Fsp3) is 0.375. The molecule has 1 atom stereocenters. The fourth-order valence-electron chi connectivity index (χ4n) is 2.81. The molecule has 0 spiro atoms. The molecule has 0 unspecified atom stereocenters. The SMILES string of the molecule is COc1cccc([C@H](c2ccco2)N2CCNCC2)c1F. The van der Waals surface area contributed by atoms with Gasteiger partial charge in [0.15, 0.2) is 11.6 Å². The van der Waals surface area contributed by atoms with E-state index in [2.05, 4.69) is 10.2 Å². The van der Waals surface area contributed by atoms with Gasteiger partial charge in [-0.05, 0) is 18.2 Å². The molecule has 3 rings (SSSR count). The molecule has 0 saturated carbocycles. The number of ether oxygens (including phenoxy) is 1. The van der Waals surface area contributed by atoms with Crippen LogP contribution in [0.25, 0.3) is 0 Å². The van der Waals surface area contributed by atoms with Gasteiger partial charge in [0, 0.05) is 31.7 Å². The largest absolute Gasteiger partial charge is 0.494 e. The number of piperazine rings is 1. The average molecular weight is 290 g/mol. The summed E-state index contributed by atoms with van der Waals surface area (Å²) in [5, 5.41) is 3.31. The average Bonchev–Trinajstić information content (AvgIpc) is 3.04. The predicted molar refractivity (Wildman–Crippen MR) is 77.9 cm³/mol. The molecule has 1 aromatic heterocycles. The van der Waals surface area contributed by atoms with Crippen LogP contribution in [0.1, 0.15) is 17.4 Å².